The molecule has 0 atom stereocenters. The summed E-state index contributed by atoms with van der Waals surface area (Å²) in [5, 5.41) is 2.14. The second kappa shape index (κ2) is 3.33. The van der Waals surface area contributed by atoms with E-state index < -0.39 is 5.95 Å². The van der Waals surface area contributed by atoms with Gasteiger partial charge in [-0.05, 0) is 6.58 Å². The molecule has 40 valence electrons. The van der Waals surface area contributed by atoms with E-state index in [2.05, 4.69) is 16.9 Å². The highest BCUT2D eigenvalue weighted by Crippen LogP contribution is 1.76. The highest BCUT2D eigenvalue weighted by atomic mass is 19.1. The Balaban J connectivity index is 3.14. The van der Waals surface area contributed by atoms with E-state index in [1.54, 1.807) is 0 Å². The predicted molar refractivity (Wildman–Crippen MR) is 27.8 cm³/mol. The lowest BCUT2D eigenvalue weighted by atomic mass is 10.9. The molecule has 2 nitrogen and oxygen atoms in total. The molecule has 0 rings (SSSR count). The quantitative estimate of drug-likeness (QED) is 0.309. The van der Waals surface area contributed by atoms with Crippen molar-refractivity contribution in [2.45, 2.75) is 0 Å². The second-order valence-corrected chi connectivity index (χ2v) is 0.937. The van der Waals surface area contributed by atoms with Crippen LogP contribution in [0.1, 0.15) is 0 Å². The normalized spacial score (nSPS) is 9.43. The van der Waals surface area contributed by atoms with Crippen LogP contribution in [0.3, 0.4) is 0 Å². The molecule has 0 aromatic carbocycles. The molecular weight excluding hydrogens is 95.1 g/mol. The molecule has 0 amide bonds. The molecule has 0 fully saturated rings. The van der Waals surface area contributed by atoms with Crippen molar-refractivity contribution >= 4 is 6.34 Å². The van der Waals surface area contributed by atoms with E-state index in [-0.39, 0.29) is 0 Å². The molecular formula is C4H7FN2. The van der Waals surface area contributed by atoms with Crippen LogP contribution < -0.4 is 5.32 Å². The van der Waals surface area contributed by atoms with E-state index in [9.17, 15) is 4.39 Å². The minimum Gasteiger partial charge on any atom is -0.324 e. The summed E-state index contributed by atoms with van der Waals surface area (Å²) in [5.74, 6) is -0.592. The van der Waals surface area contributed by atoms with Gasteiger partial charge in [0.25, 0.3) is 0 Å². The molecule has 1 N–H and O–H groups in total. The smallest absolute Gasteiger partial charge is 0.184 e. The highest BCUT2D eigenvalue weighted by Gasteiger charge is 1.75. The van der Waals surface area contributed by atoms with Crippen molar-refractivity contribution in [2.24, 2.45) is 4.99 Å². The van der Waals surface area contributed by atoms with Gasteiger partial charge in [0, 0.05) is 7.05 Å². The Kier molecular flexibility index (Phi) is 2.92. The zero-order chi connectivity index (χ0) is 5.70. The standard InChI is InChI=1S/C4H7FN2/c1-4(5)7-3-6-2/h3H,1H2,2H3,(H,6,7). The fraction of sp³-hybridized carbons (Fsp3) is 0.250. The molecule has 0 unspecified atom stereocenters. The van der Waals surface area contributed by atoms with Crippen LogP contribution in [0, 0.1) is 0 Å². The Morgan fingerprint density at radius 3 is 2.71 bits per heavy atom. The molecule has 0 aromatic rings. The average Bonchev–Trinajstić information content (AvgIpc) is 1.61. The highest BCUT2D eigenvalue weighted by molar-refractivity contribution is 5.55. The van der Waals surface area contributed by atoms with Crippen molar-refractivity contribution in [2.75, 3.05) is 7.05 Å². The molecule has 0 spiro atoms. The molecule has 0 bridgehead atoms. The minimum atomic E-state index is -0.592. The van der Waals surface area contributed by atoms with Gasteiger partial charge >= 0.3 is 0 Å². The van der Waals surface area contributed by atoms with E-state index in [1.807, 2.05) is 0 Å². The van der Waals surface area contributed by atoms with Crippen molar-refractivity contribution in [3.63, 3.8) is 0 Å². The Morgan fingerprint density at radius 1 is 2.00 bits per heavy atom. The fourth-order valence-corrected chi connectivity index (χ4v) is 0.135. The van der Waals surface area contributed by atoms with Gasteiger partial charge in [0.1, 0.15) is 0 Å². The zero-order valence-corrected chi connectivity index (χ0v) is 4.11. The average molecular weight is 102 g/mol. The van der Waals surface area contributed by atoms with Crippen LogP contribution >= 0.6 is 0 Å². The van der Waals surface area contributed by atoms with Gasteiger partial charge < -0.3 is 5.32 Å². The van der Waals surface area contributed by atoms with Crippen LogP contribution in [0.2, 0.25) is 0 Å². The van der Waals surface area contributed by atoms with E-state index in [0.717, 1.165) is 0 Å². The van der Waals surface area contributed by atoms with Gasteiger partial charge in [-0.25, -0.2) is 0 Å². The largest absolute Gasteiger partial charge is 0.324 e. The van der Waals surface area contributed by atoms with E-state index in [1.165, 1.54) is 13.4 Å². The summed E-state index contributed by atoms with van der Waals surface area (Å²) in [5.41, 5.74) is 0. The summed E-state index contributed by atoms with van der Waals surface area (Å²) >= 11 is 0. The third-order valence-corrected chi connectivity index (χ3v) is 0.350. The van der Waals surface area contributed by atoms with Crippen LogP contribution in [0.4, 0.5) is 4.39 Å². The van der Waals surface area contributed by atoms with E-state index in [0.29, 0.717) is 0 Å². The van der Waals surface area contributed by atoms with Gasteiger partial charge in [-0.1, -0.05) is 0 Å². The number of aliphatic imine (C=N–C) groups is 1. The number of nitrogens with one attached hydrogen (secondary N) is 1. The summed E-state index contributed by atoms with van der Waals surface area (Å²) in [4.78, 5) is 3.44. The van der Waals surface area contributed by atoms with E-state index >= 15 is 0 Å². The molecule has 0 saturated carbocycles. The predicted octanol–water partition coefficient (Wildman–Crippen LogP) is 0.675. The molecule has 0 aliphatic rings. The summed E-state index contributed by atoms with van der Waals surface area (Å²) < 4.78 is 11.5. The summed E-state index contributed by atoms with van der Waals surface area (Å²) in [7, 11) is 1.54. The third-order valence-electron chi connectivity index (χ3n) is 0.350. The van der Waals surface area contributed by atoms with Crippen LogP contribution in [0.5, 0.6) is 0 Å². The molecule has 0 radical (unpaired) electrons. The SMILES string of the molecule is C=C(F)NC=NC. The maximum Gasteiger partial charge on any atom is 0.184 e. The Labute approximate surface area is 41.8 Å². The lowest BCUT2D eigenvalue weighted by Crippen LogP contribution is -2.04. The monoisotopic (exact) mass is 102 g/mol. The molecule has 0 aliphatic heterocycles. The molecule has 3 heteroatoms. The van der Waals surface area contributed by atoms with Crippen molar-refractivity contribution in [1.29, 1.82) is 0 Å². The molecule has 7 heavy (non-hydrogen) atoms. The Morgan fingerprint density at radius 2 is 2.57 bits per heavy atom. The number of halogens is 1. The van der Waals surface area contributed by atoms with Gasteiger partial charge in [-0.3, -0.25) is 4.99 Å². The van der Waals surface area contributed by atoms with E-state index in [4.69, 9.17) is 0 Å². The van der Waals surface area contributed by atoms with Crippen molar-refractivity contribution in [1.82, 2.24) is 5.32 Å². The first-order chi connectivity index (χ1) is 3.27. The number of hydrogen-bond donors (Lipinski definition) is 1. The number of hydrogen-bond acceptors (Lipinski definition) is 1. The summed E-state index contributed by atoms with van der Waals surface area (Å²) in [6, 6.07) is 0. The van der Waals surface area contributed by atoms with Gasteiger partial charge in [0.2, 0.25) is 0 Å². The first kappa shape index (κ1) is 6.14. The lowest BCUT2D eigenvalue weighted by molar-refractivity contribution is 0.604. The van der Waals surface area contributed by atoms with Gasteiger partial charge in [0.15, 0.2) is 5.95 Å². The number of nitrogens with zero attached hydrogens (tertiary/aromatic N) is 1. The Hall–Kier alpha value is -0.860. The van der Waals surface area contributed by atoms with Crippen molar-refractivity contribution in [3.05, 3.63) is 12.5 Å². The second-order valence-electron chi connectivity index (χ2n) is 0.937. The fourth-order valence-electron chi connectivity index (χ4n) is 0.135. The molecule has 0 aliphatic carbocycles. The Bertz CT molecular complexity index is 87.7. The molecule has 0 aromatic heterocycles. The van der Waals surface area contributed by atoms with Crippen LogP contribution in [-0.2, 0) is 0 Å². The third kappa shape index (κ3) is 5.14. The van der Waals surface area contributed by atoms with Crippen molar-refractivity contribution < 1.29 is 4.39 Å². The first-order valence-electron chi connectivity index (χ1n) is 1.79. The maximum absolute atomic E-state index is 11.5. The molecule has 0 saturated heterocycles. The van der Waals surface area contributed by atoms with Gasteiger partial charge in [0.05, 0.1) is 6.34 Å². The van der Waals surface area contributed by atoms with Crippen LogP contribution in [0.25, 0.3) is 0 Å². The van der Waals surface area contributed by atoms with Crippen LogP contribution in [-0.4, -0.2) is 13.4 Å². The molecule has 0 heterocycles. The van der Waals surface area contributed by atoms with Crippen LogP contribution in [0.15, 0.2) is 17.5 Å². The minimum absolute atomic E-state index is 0.592. The lowest BCUT2D eigenvalue weighted by Gasteiger charge is -1.86. The topological polar surface area (TPSA) is 24.4 Å². The maximum atomic E-state index is 11.5. The number of rotatable bonds is 2. The zero-order valence-electron chi connectivity index (χ0n) is 4.11. The van der Waals surface area contributed by atoms with Gasteiger partial charge in [-0.15, -0.1) is 0 Å². The van der Waals surface area contributed by atoms with Gasteiger partial charge in [-0.2, -0.15) is 4.39 Å². The summed E-state index contributed by atoms with van der Waals surface area (Å²) in [6.45, 7) is 2.92. The first-order valence-corrected chi connectivity index (χ1v) is 1.79. The van der Waals surface area contributed by atoms with Crippen molar-refractivity contribution in [3.8, 4) is 0 Å². The summed E-state index contributed by atoms with van der Waals surface area (Å²) in [6.07, 6.45) is 1.22.